The molecule has 12 amide bonds. The van der Waals surface area contributed by atoms with Crippen LogP contribution in [0.4, 0.5) is 43.9 Å². The van der Waals surface area contributed by atoms with E-state index in [1.807, 2.05) is 0 Å². The zero-order valence-electron chi connectivity index (χ0n) is 62.0. The van der Waals surface area contributed by atoms with E-state index in [1.54, 1.807) is 32.9 Å². The highest BCUT2D eigenvalue weighted by Gasteiger charge is 2.58. The number of hydrogen-bond acceptors (Lipinski definition) is 12. The number of hydrogen-bond donors (Lipinski definition) is 3. The van der Waals surface area contributed by atoms with E-state index in [2.05, 4.69) is 16.0 Å². The van der Waals surface area contributed by atoms with Crippen LogP contribution >= 0.6 is 0 Å². The lowest BCUT2D eigenvalue weighted by Gasteiger charge is -2.46. The van der Waals surface area contributed by atoms with Crippen LogP contribution in [0.3, 0.4) is 0 Å². The summed E-state index contributed by atoms with van der Waals surface area (Å²) < 4.78 is 147. The highest BCUT2D eigenvalue weighted by Crippen LogP contribution is 2.46. The van der Waals surface area contributed by atoms with Crippen LogP contribution in [-0.2, 0) is 57.5 Å². The van der Waals surface area contributed by atoms with Gasteiger partial charge in [-0.2, -0.15) is 26.3 Å². The number of alkyl halides is 10. The smallest absolute Gasteiger partial charge is 0.347 e. The number of rotatable bonds is 10. The van der Waals surface area contributed by atoms with E-state index in [4.69, 9.17) is 0 Å². The van der Waals surface area contributed by atoms with Gasteiger partial charge in [-0.3, -0.25) is 57.5 Å². The molecule has 4 aliphatic carbocycles. The van der Waals surface area contributed by atoms with Gasteiger partial charge < -0.3 is 60.0 Å². The monoisotopic (exact) mass is 1510 g/mol. The van der Waals surface area contributed by atoms with E-state index in [0.717, 1.165) is 46.2 Å². The van der Waals surface area contributed by atoms with Crippen molar-refractivity contribution in [1.29, 1.82) is 0 Å². The Balaban J connectivity index is 1.31. The summed E-state index contributed by atoms with van der Waals surface area (Å²) in [5, 5.41) is 7.78. The third-order valence-corrected chi connectivity index (χ3v) is 23.2. The van der Waals surface area contributed by atoms with Gasteiger partial charge in [0, 0.05) is 69.3 Å². The number of nitrogens with one attached hydrogen (secondary N) is 3. The quantitative estimate of drug-likeness (QED) is 0.169. The zero-order valence-corrected chi connectivity index (χ0v) is 62.0. The average molecular weight is 1510 g/mol. The highest BCUT2D eigenvalue weighted by molar-refractivity contribution is 6.01. The molecule has 105 heavy (non-hydrogen) atoms. The van der Waals surface area contributed by atoms with Crippen LogP contribution in [0.1, 0.15) is 162 Å². The van der Waals surface area contributed by atoms with Crippen LogP contribution in [0.15, 0.2) is 12.2 Å². The molecule has 3 heterocycles. The summed E-state index contributed by atoms with van der Waals surface area (Å²) in [6.45, 7) is 1.63. The second-order valence-electron chi connectivity index (χ2n) is 30.7. The third-order valence-electron chi connectivity index (χ3n) is 23.2. The molecule has 3 N–H and O–H groups in total. The molecule has 34 heteroatoms. The van der Waals surface area contributed by atoms with E-state index < -0.39 is 249 Å². The Hall–Kier alpha value is -7.32. The highest BCUT2D eigenvalue weighted by atomic mass is 19.4. The second kappa shape index (κ2) is 35.2. The van der Waals surface area contributed by atoms with E-state index >= 15 is 41.5 Å². The maximum absolute atomic E-state index is 16.1. The van der Waals surface area contributed by atoms with E-state index in [0.29, 0.717) is 37.0 Å². The van der Waals surface area contributed by atoms with Crippen LogP contribution in [0.5, 0.6) is 0 Å². The van der Waals surface area contributed by atoms with Gasteiger partial charge in [-0.1, -0.05) is 52.2 Å². The Morgan fingerprint density at radius 1 is 0.638 bits per heavy atom. The molecule has 4 saturated carbocycles. The fourth-order valence-electron chi connectivity index (χ4n) is 16.4. The van der Waals surface area contributed by atoms with Crippen molar-refractivity contribution in [1.82, 2.24) is 60.0 Å². The maximum atomic E-state index is 16.1. The second-order valence-corrected chi connectivity index (χ2v) is 30.7. The van der Waals surface area contributed by atoms with Crippen molar-refractivity contribution in [3.8, 4) is 0 Å². The van der Waals surface area contributed by atoms with Gasteiger partial charge in [0.25, 0.3) is 5.92 Å². The number of nitrogens with zero attached hydrogens (tertiary/aromatic N) is 9. The number of carbonyl (C=O) groups excluding carboxylic acids is 12. The molecule has 0 aromatic heterocycles. The topological polar surface area (TPSA) is 270 Å². The summed E-state index contributed by atoms with van der Waals surface area (Å²) in [7, 11) is 10.3. The molecule has 7 rings (SSSR count). The molecule has 2 saturated heterocycles. The van der Waals surface area contributed by atoms with Crippen molar-refractivity contribution >= 4 is 70.9 Å². The molecule has 3 aliphatic heterocycles. The first-order valence-electron chi connectivity index (χ1n) is 36.7. The van der Waals surface area contributed by atoms with E-state index in [1.165, 1.54) is 49.3 Å². The normalized spacial score (nSPS) is 32.3. The Morgan fingerprint density at radius 3 is 1.80 bits per heavy atom. The SMILES string of the molecule is CC[C@H](C)[C@@H]1NC(=O)[C@H](CC)N(C)C(=O)C[C@@H](C(=O)N(C)C)N(C)C(=O)[C@H](C2CCCC2)N(C)C(=O)C2(CCC2)NC(=O)[C@@H]2CC(F)(F)CN2C(=O)[C@H](CCC2CC(F)C(C(F)(F)F)C(F)C2)NC(=O)CN(C)C(=O)[C@H](CC2CCC(C(F)(F)F)CC2)N2CC/C=C\C[C@@H](C2=O)N(C)C(=O)CN(C)C1=O. The van der Waals surface area contributed by atoms with Crippen LogP contribution in [-0.4, -0.2) is 282 Å². The molecule has 24 nitrogen and oxygen atoms in total. The summed E-state index contributed by atoms with van der Waals surface area (Å²) in [6, 6.07) is -12.7. The minimum atomic E-state index is -5.28. The molecule has 0 aromatic carbocycles. The molecule has 0 aromatic rings. The molecule has 0 radical (unpaired) electrons. The van der Waals surface area contributed by atoms with Gasteiger partial charge in [-0.25, -0.2) is 17.6 Å². The van der Waals surface area contributed by atoms with Gasteiger partial charge >= 0.3 is 12.4 Å². The summed E-state index contributed by atoms with van der Waals surface area (Å²) >= 11 is 0. The molecular formula is C71H106F10N12O12. The molecule has 11 atom stereocenters. The largest absolute Gasteiger partial charge is 0.397 e. The first kappa shape index (κ1) is 84.9. The van der Waals surface area contributed by atoms with Gasteiger partial charge in [-0.05, 0) is 133 Å². The number of fused-ring (bicyclic) bond motifs is 3. The molecule has 2 bridgehead atoms. The van der Waals surface area contributed by atoms with E-state index in [-0.39, 0.29) is 77.2 Å². The molecule has 592 valence electrons. The van der Waals surface area contributed by atoms with Gasteiger partial charge in [0.15, 0.2) is 0 Å². The maximum Gasteiger partial charge on any atom is 0.397 e. The number of likely N-dealkylation sites (N-methyl/N-ethyl adjacent to an activating group) is 7. The molecule has 6 fully saturated rings. The lowest BCUT2D eigenvalue weighted by atomic mass is 9.74. The molecule has 2 unspecified atom stereocenters. The first-order chi connectivity index (χ1) is 49.0. The van der Waals surface area contributed by atoms with E-state index in [9.17, 15) is 59.9 Å². The number of carbonyl (C=O) groups is 12. The fourth-order valence-corrected chi connectivity index (χ4v) is 16.4. The minimum absolute atomic E-state index is 0.0350. The summed E-state index contributed by atoms with van der Waals surface area (Å²) in [5.74, 6) is -22.7. The van der Waals surface area contributed by atoms with Crippen LogP contribution in [0.2, 0.25) is 0 Å². The number of halogens is 10. The van der Waals surface area contributed by atoms with Gasteiger partial charge in [0.1, 0.15) is 72.1 Å². The lowest BCUT2D eigenvalue weighted by Crippen LogP contribution is -2.68. The van der Waals surface area contributed by atoms with Crippen LogP contribution in [0.25, 0.3) is 0 Å². The van der Waals surface area contributed by atoms with Crippen LogP contribution in [0, 0.1) is 35.5 Å². The average Bonchev–Trinajstić information content (AvgIpc) is 1.60. The van der Waals surface area contributed by atoms with Crippen molar-refractivity contribution in [3.05, 3.63) is 12.2 Å². The number of amides is 12. The summed E-state index contributed by atoms with van der Waals surface area (Å²) in [4.78, 5) is 187. The van der Waals surface area contributed by atoms with Crippen molar-refractivity contribution in [2.45, 2.75) is 247 Å². The van der Waals surface area contributed by atoms with Crippen molar-refractivity contribution < 1.29 is 101 Å². The van der Waals surface area contributed by atoms with Crippen LogP contribution < -0.4 is 16.0 Å². The Labute approximate surface area is 607 Å². The standard InChI is InChI=1S/C71H106F10N12O12/c1-12-40(3)57-65(103)87(7)38-55(96)89(9)49-22-15-14-18-31-92(64(49)102)51(34-41-23-26-44(27-24-41)70(76,77)78)63(101)86(6)37-53(94)82-47(28-25-42-32-45(72)56(46(73)33-42)71(79,80)81)61(99)93-39-69(74,75)36-52(93)60(98)84-68(29-19-30-68)67(105)91(11)58(43-20-16-17-21-43)66(104)90(10)50(62(100)85(4)5)35-54(95)88(8)48(13-2)59(97)83-57/h14-15,40-52,56-58H,12-13,16-39H2,1-11H3,(H,82,94)(H,83,97)(H,84,98)/b15-14-/t40-,41?,42?,44?,45?,46?,47-,48-,49-,50-,51-,52-,56?,57-,58-/m0/s1. The zero-order chi connectivity index (χ0) is 78.3. The van der Waals surface area contributed by atoms with Gasteiger partial charge in [-0.15, -0.1) is 0 Å². The predicted molar refractivity (Wildman–Crippen MR) is 361 cm³/mol. The first-order valence-corrected chi connectivity index (χ1v) is 36.7. The Kier molecular flexibility index (Phi) is 28.4. The van der Waals surface area contributed by atoms with Crippen molar-refractivity contribution in [3.63, 3.8) is 0 Å². The summed E-state index contributed by atoms with van der Waals surface area (Å²) in [6.07, 6.45) is -15.7. The fraction of sp³-hybridized carbons (Fsp3) is 0.803. The van der Waals surface area contributed by atoms with Gasteiger partial charge in [0.05, 0.1) is 32.0 Å². The third kappa shape index (κ3) is 20.1. The molecule has 1 spiro atoms. The molecule has 7 aliphatic rings. The lowest BCUT2D eigenvalue weighted by molar-refractivity contribution is -0.219. The van der Waals surface area contributed by atoms with Gasteiger partial charge in [0.2, 0.25) is 70.9 Å². The van der Waals surface area contributed by atoms with Crippen molar-refractivity contribution in [2.24, 2.45) is 35.5 Å². The summed E-state index contributed by atoms with van der Waals surface area (Å²) in [5.41, 5.74) is -1.90. The Morgan fingerprint density at radius 2 is 1.25 bits per heavy atom. The molecular weight excluding hydrogens is 1400 g/mol. The minimum Gasteiger partial charge on any atom is -0.347 e. The van der Waals surface area contributed by atoms with Crippen molar-refractivity contribution in [2.75, 3.05) is 82.6 Å². The predicted octanol–water partition coefficient (Wildman–Crippen LogP) is 5.95. The Bertz CT molecular complexity index is 3190.